The van der Waals surface area contributed by atoms with Crippen molar-refractivity contribution in [3.05, 3.63) is 94.5 Å². The van der Waals surface area contributed by atoms with Gasteiger partial charge in [0, 0.05) is 5.56 Å². The summed E-state index contributed by atoms with van der Waals surface area (Å²) in [5.74, 6) is 0.266. The van der Waals surface area contributed by atoms with Crippen molar-refractivity contribution in [1.29, 1.82) is 0 Å². The average Bonchev–Trinajstić information content (AvgIpc) is 2.77. The SMILES string of the molecule is COc1cc(/C=N\NC(=O)c2cccc(C(F)(F)F)c2)ccc1OCc1cccc(C)c1. The fourth-order valence-electron chi connectivity index (χ4n) is 2.91. The maximum Gasteiger partial charge on any atom is 0.416 e. The summed E-state index contributed by atoms with van der Waals surface area (Å²) in [6.07, 6.45) is -3.17. The van der Waals surface area contributed by atoms with E-state index in [9.17, 15) is 18.0 Å². The number of aryl methyl sites for hydroxylation is 1. The van der Waals surface area contributed by atoms with E-state index in [4.69, 9.17) is 9.47 Å². The number of amides is 1. The summed E-state index contributed by atoms with van der Waals surface area (Å²) < 4.78 is 49.6. The summed E-state index contributed by atoms with van der Waals surface area (Å²) >= 11 is 0. The highest BCUT2D eigenvalue weighted by atomic mass is 19.4. The number of ether oxygens (including phenoxy) is 2. The Labute approximate surface area is 183 Å². The van der Waals surface area contributed by atoms with Gasteiger partial charge in [-0.15, -0.1) is 0 Å². The van der Waals surface area contributed by atoms with Crippen LogP contribution >= 0.6 is 0 Å². The van der Waals surface area contributed by atoms with E-state index in [1.165, 1.54) is 25.5 Å². The lowest BCUT2D eigenvalue weighted by Crippen LogP contribution is -2.18. The quantitative estimate of drug-likeness (QED) is 0.396. The van der Waals surface area contributed by atoms with Gasteiger partial charge in [-0.2, -0.15) is 18.3 Å². The number of nitrogens with one attached hydrogen (secondary N) is 1. The lowest BCUT2D eigenvalue weighted by atomic mass is 10.1. The highest BCUT2D eigenvalue weighted by molar-refractivity contribution is 5.95. The zero-order valence-electron chi connectivity index (χ0n) is 17.4. The Kier molecular flexibility index (Phi) is 7.14. The molecule has 1 amide bonds. The van der Waals surface area contributed by atoms with Crippen molar-refractivity contribution in [2.24, 2.45) is 5.10 Å². The molecule has 32 heavy (non-hydrogen) atoms. The number of nitrogens with zero attached hydrogens (tertiary/aromatic N) is 1. The molecule has 0 bridgehead atoms. The first kappa shape index (κ1) is 22.9. The number of alkyl halides is 3. The molecule has 3 aromatic carbocycles. The molecule has 1 N–H and O–H groups in total. The van der Waals surface area contributed by atoms with Gasteiger partial charge in [0.15, 0.2) is 11.5 Å². The van der Waals surface area contributed by atoms with Crippen LogP contribution in [0.2, 0.25) is 0 Å². The van der Waals surface area contributed by atoms with Gasteiger partial charge >= 0.3 is 6.18 Å². The van der Waals surface area contributed by atoms with Gasteiger partial charge in [-0.3, -0.25) is 4.79 Å². The Morgan fingerprint density at radius 3 is 2.53 bits per heavy atom. The van der Waals surface area contributed by atoms with Crippen molar-refractivity contribution in [2.75, 3.05) is 7.11 Å². The lowest BCUT2D eigenvalue weighted by molar-refractivity contribution is -0.137. The number of methoxy groups -OCH3 is 1. The number of hydrogen-bond donors (Lipinski definition) is 1. The third kappa shape index (κ3) is 6.10. The zero-order valence-corrected chi connectivity index (χ0v) is 17.4. The van der Waals surface area contributed by atoms with Crippen LogP contribution in [-0.2, 0) is 12.8 Å². The van der Waals surface area contributed by atoms with E-state index in [1.54, 1.807) is 18.2 Å². The van der Waals surface area contributed by atoms with Crippen LogP contribution in [0.1, 0.15) is 32.6 Å². The van der Waals surface area contributed by atoms with Crippen molar-refractivity contribution in [3.8, 4) is 11.5 Å². The molecule has 0 aliphatic heterocycles. The maximum absolute atomic E-state index is 12.8. The molecule has 5 nitrogen and oxygen atoms in total. The van der Waals surface area contributed by atoms with Crippen LogP contribution in [0.5, 0.6) is 11.5 Å². The summed E-state index contributed by atoms with van der Waals surface area (Å²) in [6, 6.07) is 17.2. The van der Waals surface area contributed by atoms with Gasteiger partial charge in [-0.05, 0) is 54.4 Å². The first-order valence-corrected chi connectivity index (χ1v) is 9.63. The molecule has 8 heteroatoms. The fourth-order valence-corrected chi connectivity index (χ4v) is 2.91. The van der Waals surface area contributed by atoms with E-state index in [2.05, 4.69) is 10.5 Å². The van der Waals surface area contributed by atoms with Gasteiger partial charge in [0.05, 0.1) is 18.9 Å². The predicted octanol–water partition coefficient (Wildman–Crippen LogP) is 5.37. The minimum atomic E-state index is -4.53. The van der Waals surface area contributed by atoms with E-state index >= 15 is 0 Å². The molecular formula is C24H21F3N2O3. The smallest absolute Gasteiger partial charge is 0.416 e. The second-order valence-electron chi connectivity index (χ2n) is 6.97. The lowest BCUT2D eigenvalue weighted by Gasteiger charge is -2.11. The molecule has 0 aliphatic rings. The monoisotopic (exact) mass is 442 g/mol. The summed E-state index contributed by atoms with van der Waals surface area (Å²) in [5, 5.41) is 3.82. The molecule has 0 fully saturated rings. The van der Waals surface area contributed by atoms with Gasteiger partial charge in [0.1, 0.15) is 6.61 Å². The Morgan fingerprint density at radius 1 is 1.03 bits per heavy atom. The van der Waals surface area contributed by atoms with E-state index in [0.29, 0.717) is 23.7 Å². The molecule has 3 rings (SSSR count). The predicted molar refractivity (Wildman–Crippen MR) is 115 cm³/mol. The highest BCUT2D eigenvalue weighted by Crippen LogP contribution is 2.30. The normalized spacial score (nSPS) is 11.4. The Hall–Kier alpha value is -3.81. The van der Waals surface area contributed by atoms with Gasteiger partial charge in [0.25, 0.3) is 5.91 Å². The number of benzene rings is 3. The number of carbonyl (C=O) groups is 1. The number of halogens is 3. The van der Waals surface area contributed by atoms with Crippen LogP contribution in [0, 0.1) is 6.92 Å². The second kappa shape index (κ2) is 10.00. The van der Waals surface area contributed by atoms with Gasteiger partial charge in [-0.25, -0.2) is 5.43 Å². The van der Waals surface area contributed by atoms with Crippen molar-refractivity contribution in [1.82, 2.24) is 5.43 Å². The summed E-state index contributed by atoms with van der Waals surface area (Å²) in [4.78, 5) is 12.1. The van der Waals surface area contributed by atoms with E-state index in [0.717, 1.165) is 23.3 Å². The average molecular weight is 442 g/mol. The minimum Gasteiger partial charge on any atom is -0.493 e. The highest BCUT2D eigenvalue weighted by Gasteiger charge is 2.30. The molecule has 0 saturated carbocycles. The standard InChI is InChI=1S/C24H21F3N2O3/c1-16-5-3-6-18(11-16)15-32-21-10-9-17(12-22(21)31-2)14-28-29-23(30)19-7-4-8-20(13-19)24(25,26)27/h3-14H,15H2,1-2H3,(H,29,30)/b28-14-. The molecule has 166 valence electrons. The van der Waals surface area contributed by atoms with E-state index in [1.807, 2.05) is 31.2 Å². The topological polar surface area (TPSA) is 59.9 Å². The Bertz CT molecular complexity index is 1130. The van der Waals surface area contributed by atoms with Crippen LogP contribution in [0.3, 0.4) is 0 Å². The summed E-state index contributed by atoms with van der Waals surface area (Å²) in [5.41, 5.74) is 3.94. The fraction of sp³-hybridized carbons (Fsp3) is 0.167. The third-order valence-corrected chi connectivity index (χ3v) is 4.50. The summed E-state index contributed by atoms with van der Waals surface area (Å²) in [7, 11) is 1.51. The van der Waals surface area contributed by atoms with Crippen molar-refractivity contribution >= 4 is 12.1 Å². The van der Waals surface area contributed by atoms with Gasteiger partial charge < -0.3 is 9.47 Å². The molecule has 0 radical (unpaired) electrons. The zero-order chi connectivity index (χ0) is 23.1. The van der Waals surface area contributed by atoms with Crippen molar-refractivity contribution in [2.45, 2.75) is 19.7 Å². The van der Waals surface area contributed by atoms with Gasteiger partial charge in [0.2, 0.25) is 0 Å². The molecule has 0 saturated heterocycles. The molecule has 0 aliphatic carbocycles. The largest absolute Gasteiger partial charge is 0.493 e. The number of rotatable bonds is 7. The number of carbonyl (C=O) groups excluding carboxylic acids is 1. The molecule has 0 aromatic heterocycles. The van der Waals surface area contributed by atoms with Crippen LogP contribution < -0.4 is 14.9 Å². The third-order valence-electron chi connectivity index (χ3n) is 4.50. The van der Waals surface area contributed by atoms with E-state index in [-0.39, 0.29) is 5.56 Å². The first-order valence-electron chi connectivity index (χ1n) is 9.63. The van der Waals surface area contributed by atoms with Crippen molar-refractivity contribution < 1.29 is 27.4 Å². The minimum absolute atomic E-state index is 0.144. The molecule has 0 heterocycles. The molecule has 3 aromatic rings. The van der Waals surface area contributed by atoms with Gasteiger partial charge in [-0.1, -0.05) is 35.9 Å². The molecule has 0 atom stereocenters. The Balaban J connectivity index is 1.64. The van der Waals surface area contributed by atoms with Crippen LogP contribution in [0.25, 0.3) is 0 Å². The molecule has 0 spiro atoms. The van der Waals surface area contributed by atoms with Crippen molar-refractivity contribution in [3.63, 3.8) is 0 Å². The Morgan fingerprint density at radius 2 is 1.81 bits per heavy atom. The van der Waals surface area contributed by atoms with E-state index < -0.39 is 17.6 Å². The first-order chi connectivity index (χ1) is 15.3. The van der Waals surface area contributed by atoms with Crippen LogP contribution in [0.4, 0.5) is 13.2 Å². The maximum atomic E-state index is 12.8. The molecule has 0 unspecified atom stereocenters. The second-order valence-corrected chi connectivity index (χ2v) is 6.97. The number of hydrazone groups is 1. The van der Waals surface area contributed by atoms with Crippen LogP contribution in [-0.4, -0.2) is 19.2 Å². The van der Waals surface area contributed by atoms with Crippen LogP contribution in [0.15, 0.2) is 71.8 Å². The summed E-state index contributed by atoms with van der Waals surface area (Å²) in [6.45, 7) is 2.38. The molecular weight excluding hydrogens is 421 g/mol. The number of hydrogen-bond acceptors (Lipinski definition) is 4.